The molecule has 0 aromatic carbocycles. The summed E-state index contributed by atoms with van der Waals surface area (Å²) in [7, 11) is 0. The normalized spacial score (nSPS) is 24.7. The van der Waals surface area contributed by atoms with E-state index in [-0.39, 0.29) is 23.6 Å². The Kier molecular flexibility index (Phi) is 2.95. The third-order valence-electron chi connectivity index (χ3n) is 3.25. The van der Waals surface area contributed by atoms with Gasteiger partial charge in [0.2, 0.25) is 0 Å². The maximum absolute atomic E-state index is 9.83. The van der Waals surface area contributed by atoms with Gasteiger partial charge in [-0.1, -0.05) is 0 Å². The molecule has 0 fully saturated rings. The second-order valence-electron chi connectivity index (χ2n) is 5.46. The van der Waals surface area contributed by atoms with E-state index in [4.69, 9.17) is 10.8 Å². The number of nitrogens with zero attached hydrogens (tertiary/aromatic N) is 6. The molecule has 4 N–H and O–H groups in total. The molecular weight excluding hydrogens is 264 g/mol. The fraction of sp³-hybridized carbons (Fsp3) is 0.600. The monoisotopic (exact) mass is 280 g/mol. The Labute approximate surface area is 115 Å². The number of azo groups is 1. The van der Waals surface area contributed by atoms with E-state index in [2.05, 4.69) is 20.2 Å². The third kappa shape index (κ3) is 1.89. The molecule has 10 nitrogen and oxygen atoms in total. The summed E-state index contributed by atoms with van der Waals surface area (Å²) in [5.41, 5.74) is -1.98. The maximum atomic E-state index is 9.83. The van der Waals surface area contributed by atoms with Gasteiger partial charge in [0.25, 0.3) is 11.9 Å². The van der Waals surface area contributed by atoms with Crippen LogP contribution >= 0.6 is 0 Å². The predicted molar refractivity (Wildman–Crippen MR) is 70.6 cm³/mol. The highest BCUT2D eigenvalue weighted by Gasteiger charge is 2.42. The van der Waals surface area contributed by atoms with Gasteiger partial charge in [0, 0.05) is 0 Å². The van der Waals surface area contributed by atoms with Crippen LogP contribution in [-0.4, -0.2) is 55.2 Å². The first-order valence-electron chi connectivity index (χ1n) is 5.84. The molecule has 20 heavy (non-hydrogen) atoms. The van der Waals surface area contributed by atoms with Gasteiger partial charge in [-0.2, -0.15) is 9.98 Å². The molecule has 0 atom stereocenters. The number of nitrogens with one attached hydrogen (secondary N) is 2. The second-order valence-corrected chi connectivity index (χ2v) is 5.46. The smallest absolute Gasteiger partial charge is 0.272 e. The van der Waals surface area contributed by atoms with Crippen LogP contribution in [0.5, 0.6) is 0 Å². The van der Waals surface area contributed by atoms with E-state index < -0.39 is 11.1 Å². The molecule has 0 aliphatic carbocycles. The van der Waals surface area contributed by atoms with Gasteiger partial charge in [-0.15, -0.1) is 10.2 Å². The van der Waals surface area contributed by atoms with Gasteiger partial charge in [0.05, 0.1) is 0 Å². The van der Waals surface area contributed by atoms with Crippen molar-refractivity contribution < 1.29 is 10.4 Å². The number of hydrogen-bond acceptors (Lipinski definition) is 8. The van der Waals surface area contributed by atoms with E-state index in [1.54, 1.807) is 27.7 Å². The molecule has 0 saturated carbocycles. The molecule has 0 aromatic heterocycles. The Morgan fingerprint density at radius 3 is 1.35 bits per heavy atom. The third-order valence-corrected chi connectivity index (χ3v) is 3.25. The molecule has 2 heterocycles. The molecule has 10 heteroatoms. The average molecular weight is 280 g/mol. The summed E-state index contributed by atoms with van der Waals surface area (Å²) < 4.78 is 0. The second kappa shape index (κ2) is 4.15. The summed E-state index contributed by atoms with van der Waals surface area (Å²) in [6.45, 7) is 6.41. The number of amidine groups is 2. The van der Waals surface area contributed by atoms with Crippen molar-refractivity contribution in [1.29, 1.82) is 10.8 Å². The standard InChI is InChI=1S/C10H16N8O2/c1-9(2)5(11)13-7(17(9)19)15-16-8-14-6(12)10(3,4)18(8)20/h11-12,19-20H,1-4H3/b11-5?,12-6?,16-15+. The van der Waals surface area contributed by atoms with Gasteiger partial charge < -0.3 is 0 Å². The van der Waals surface area contributed by atoms with Crippen molar-refractivity contribution >= 4 is 23.6 Å². The maximum Gasteiger partial charge on any atom is 0.272 e. The van der Waals surface area contributed by atoms with Crippen LogP contribution in [0.1, 0.15) is 27.7 Å². The first-order chi connectivity index (χ1) is 9.08. The van der Waals surface area contributed by atoms with E-state index in [1.165, 1.54) is 0 Å². The number of hydrogen-bond donors (Lipinski definition) is 4. The molecule has 0 bridgehead atoms. The zero-order chi connectivity index (χ0) is 15.3. The minimum absolute atomic E-state index is 0.0590. The van der Waals surface area contributed by atoms with Gasteiger partial charge in [0.1, 0.15) is 11.1 Å². The van der Waals surface area contributed by atoms with Crippen LogP contribution in [0.2, 0.25) is 0 Å². The van der Waals surface area contributed by atoms with Crippen molar-refractivity contribution in [1.82, 2.24) is 10.1 Å². The predicted octanol–water partition coefficient (Wildman–Crippen LogP) is 1.07. The average Bonchev–Trinajstić information content (AvgIpc) is 2.67. The highest BCUT2D eigenvalue weighted by atomic mass is 16.5. The van der Waals surface area contributed by atoms with Crippen molar-refractivity contribution in [2.75, 3.05) is 0 Å². The summed E-state index contributed by atoms with van der Waals surface area (Å²) in [4.78, 5) is 7.54. The molecule has 0 spiro atoms. The van der Waals surface area contributed by atoms with Crippen molar-refractivity contribution in [3.8, 4) is 0 Å². The zero-order valence-electron chi connectivity index (χ0n) is 11.6. The molecule has 2 aliphatic rings. The van der Waals surface area contributed by atoms with Crippen molar-refractivity contribution in [3.63, 3.8) is 0 Å². The van der Waals surface area contributed by atoms with Crippen molar-refractivity contribution in [2.24, 2.45) is 20.2 Å². The first kappa shape index (κ1) is 14.2. The molecule has 2 aliphatic heterocycles. The highest BCUT2D eigenvalue weighted by molar-refractivity contribution is 6.08. The molecule has 2 rings (SSSR count). The lowest BCUT2D eigenvalue weighted by atomic mass is 10.1. The minimum Gasteiger partial charge on any atom is -0.285 e. The summed E-state index contributed by atoms with van der Waals surface area (Å²) in [5.74, 6) is -0.466. The summed E-state index contributed by atoms with van der Waals surface area (Å²) in [5, 5.41) is 43.7. The molecule has 0 saturated heterocycles. The fourth-order valence-corrected chi connectivity index (χ4v) is 1.49. The lowest BCUT2D eigenvalue weighted by Crippen LogP contribution is -2.44. The van der Waals surface area contributed by atoms with E-state index in [9.17, 15) is 10.4 Å². The van der Waals surface area contributed by atoms with E-state index in [1.807, 2.05) is 0 Å². The number of rotatable bonds is 0. The van der Waals surface area contributed by atoms with Crippen molar-refractivity contribution in [2.45, 2.75) is 38.8 Å². The van der Waals surface area contributed by atoms with Crippen molar-refractivity contribution in [3.05, 3.63) is 0 Å². The molecule has 0 unspecified atom stereocenters. The Bertz CT molecular complexity index is 524. The number of aliphatic imine (C=N–C) groups is 2. The minimum atomic E-state index is -0.989. The van der Waals surface area contributed by atoms with Crippen LogP contribution in [0, 0.1) is 10.8 Å². The molecule has 0 radical (unpaired) electrons. The molecular formula is C10H16N8O2. The summed E-state index contributed by atoms with van der Waals surface area (Å²) >= 11 is 0. The molecule has 0 aromatic rings. The Morgan fingerprint density at radius 1 is 0.850 bits per heavy atom. The van der Waals surface area contributed by atoms with Gasteiger partial charge in [-0.25, -0.2) is 10.1 Å². The molecule has 0 amide bonds. The fourth-order valence-electron chi connectivity index (χ4n) is 1.49. The van der Waals surface area contributed by atoms with Crippen LogP contribution in [0.3, 0.4) is 0 Å². The van der Waals surface area contributed by atoms with Crippen LogP contribution in [0.25, 0.3) is 0 Å². The lowest BCUT2D eigenvalue weighted by Gasteiger charge is -2.25. The summed E-state index contributed by atoms with van der Waals surface area (Å²) in [6.07, 6.45) is 0. The van der Waals surface area contributed by atoms with Gasteiger partial charge in [0.15, 0.2) is 11.7 Å². The van der Waals surface area contributed by atoms with Crippen LogP contribution in [0.15, 0.2) is 20.2 Å². The van der Waals surface area contributed by atoms with Gasteiger partial charge >= 0.3 is 0 Å². The van der Waals surface area contributed by atoms with E-state index >= 15 is 0 Å². The van der Waals surface area contributed by atoms with E-state index in [0.717, 1.165) is 0 Å². The SMILES string of the molecule is CC1(C)C(=N)N=C(/N=N/C2=NC(=N)C(C)(C)N2O)N1O. The highest BCUT2D eigenvalue weighted by Crippen LogP contribution is 2.24. The Morgan fingerprint density at radius 2 is 1.15 bits per heavy atom. The van der Waals surface area contributed by atoms with Crippen LogP contribution in [0.4, 0.5) is 0 Å². The molecule has 108 valence electrons. The Hall–Kier alpha value is -2.20. The quantitative estimate of drug-likeness (QED) is 0.492. The topological polar surface area (TPSA) is 144 Å². The Balaban J connectivity index is 2.21. The first-order valence-corrected chi connectivity index (χ1v) is 5.84. The van der Waals surface area contributed by atoms with Crippen LogP contribution in [-0.2, 0) is 0 Å². The zero-order valence-corrected chi connectivity index (χ0v) is 11.6. The van der Waals surface area contributed by atoms with Gasteiger partial charge in [-0.05, 0) is 27.7 Å². The van der Waals surface area contributed by atoms with Crippen LogP contribution < -0.4 is 0 Å². The largest absolute Gasteiger partial charge is 0.285 e. The van der Waals surface area contributed by atoms with E-state index in [0.29, 0.717) is 10.1 Å². The number of guanidine groups is 2. The van der Waals surface area contributed by atoms with Gasteiger partial charge in [-0.3, -0.25) is 21.2 Å². The summed E-state index contributed by atoms with van der Waals surface area (Å²) in [6, 6.07) is 0. The lowest BCUT2D eigenvalue weighted by molar-refractivity contribution is -0.0631. The number of hydroxylamine groups is 4.